The lowest BCUT2D eigenvalue weighted by molar-refractivity contribution is 0.104. The molecule has 0 N–H and O–H groups in total. The van der Waals surface area contributed by atoms with Crippen molar-refractivity contribution in [1.29, 1.82) is 0 Å². The first kappa shape index (κ1) is 14.9. The molecule has 0 aliphatic heterocycles. The van der Waals surface area contributed by atoms with E-state index in [1.54, 1.807) is 27.8 Å². The zero-order chi connectivity index (χ0) is 16.4. The second-order valence-electron chi connectivity index (χ2n) is 5.30. The Bertz CT molecular complexity index is 857. The molecule has 0 spiro atoms. The predicted octanol–water partition coefficient (Wildman–Crippen LogP) is 2.51. The molecular weight excluding hydrogens is 290 g/mol. The van der Waals surface area contributed by atoms with E-state index >= 15 is 0 Å². The van der Waals surface area contributed by atoms with Crippen LogP contribution in [0.2, 0.25) is 0 Å². The lowest BCUT2D eigenvalue weighted by Crippen LogP contribution is -1.99. The van der Waals surface area contributed by atoms with Gasteiger partial charge in [-0.05, 0) is 37.6 Å². The number of hydrogen-bond donors (Lipinski definition) is 0. The number of rotatable bonds is 4. The van der Waals surface area contributed by atoms with E-state index in [1.165, 1.54) is 6.33 Å². The van der Waals surface area contributed by atoms with Gasteiger partial charge in [0.1, 0.15) is 12.7 Å². The van der Waals surface area contributed by atoms with Crippen LogP contribution in [-0.2, 0) is 7.05 Å². The van der Waals surface area contributed by atoms with E-state index in [2.05, 4.69) is 15.2 Å². The fraction of sp³-hybridized carbons (Fsp3) is 0.176. The summed E-state index contributed by atoms with van der Waals surface area (Å²) in [7, 11) is 1.84. The van der Waals surface area contributed by atoms with Gasteiger partial charge in [0.2, 0.25) is 0 Å². The maximum Gasteiger partial charge on any atom is 0.189 e. The zero-order valence-electron chi connectivity index (χ0n) is 13.3. The van der Waals surface area contributed by atoms with Gasteiger partial charge in [-0.2, -0.15) is 10.2 Å². The highest BCUT2D eigenvalue weighted by Gasteiger charge is 2.14. The Kier molecular flexibility index (Phi) is 3.89. The first-order valence-corrected chi connectivity index (χ1v) is 7.24. The molecule has 0 radical (unpaired) electrons. The summed E-state index contributed by atoms with van der Waals surface area (Å²) in [6.45, 7) is 3.75. The van der Waals surface area contributed by atoms with Crippen molar-refractivity contribution in [3.05, 3.63) is 65.5 Å². The van der Waals surface area contributed by atoms with Crippen LogP contribution in [0, 0.1) is 13.8 Å². The summed E-state index contributed by atoms with van der Waals surface area (Å²) in [5.41, 5.74) is 4.16. The molecule has 23 heavy (non-hydrogen) atoms. The number of carbonyl (C=O) groups excluding carboxylic acids is 1. The van der Waals surface area contributed by atoms with E-state index in [9.17, 15) is 4.79 Å². The molecule has 0 saturated heterocycles. The highest BCUT2D eigenvalue weighted by molar-refractivity contribution is 6.08. The number of aromatic nitrogens is 5. The SMILES string of the molecule is Cc1nn(C)c(C)c1C(=O)C=Cc1ccc(-n2cncn2)cc1. The first-order chi connectivity index (χ1) is 11.1. The van der Waals surface area contributed by atoms with Crippen molar-refractivity contribution >= 4 is 11.9 Å². The number of carbonyl (C=O) groups is 1. The number of ketones is 1. The topological polar surface area (TPSA) is 65.6 Å². The Morgan fingerprint density at radius 2 is 1.91 bits per heavy atom. The molecule has 0 bridgehead atoms. The van der Waals surface area contributed by atoms with E-state index in [0.717, 1.165) is 22.6 Å². The Balaban J connectivity index is 1.78. The van der Waals surface area contributed by atoms with Crippen LogP contribution in [0.15, 0.2) is 43.0 Å². The third kappa shape index (κ3) is 2.96. The minimum atomic E-state index is -0.0338. The van der Waals surface area contributed by atoms with Crippen molar-refractivity contribution in [2.24, 2.45) is 7.05 Å². The van der Waals surface area contributed by atoms with E-state index in [0.29, 0.717) is 5.56 Å². The van der Waals surface area contributed by atoms with Gasteiger partial charge in [0.15, 0.2) is 5.78 Å². The zero-order valence-corrected chi connectivity index (χ0v) is 13.3. The van der Waals surface area contributed by atoms with E-state index in [-0.39, 0.29) is 5.78 Å². The third-order valence-electron chi connectivity index (χ3n) is 3.76. The molecule has 3 rings (SSSR count). The summed E-state index contributed by atoms with van der Waals surface area (Å²) in [6.07, 6.45) is 6.52. The van der Waals surface area contributed by atoms with E-state index in [4.69, 9.17) is 0 Å². The number of allylic oxidation sites excluding steroid dienone is 1. The Morgan fingerprint density at radius 3 is 2.48 bits per heavy atom. The lowest BCUT2D eigenvalue weighted by Gasteiger charge is -2.00. The maximum absolute atomic E-state index is 12.4. The fourth-order valence-corrected chi connectivity index (χ4v) is 2.47. The van der Waals surface area contributed by atoms with Gasteiger partial charge in [-0.15, -0.1) is 0 Å². The molecule has 6 heteroatoms. The molecule has 3 aromatic rings. The molecule has 2 heterocycles. The van der Waals surface area contributed by atoms with Crippen molar-refractivity contribution < 1.29 is 4.79 Å². The third-order valence-corrected chi connectivity index (χ3v) is 3.76. The van der Waals surface area contributed by atoms with Crippen LogP contribution in [-0.4, -0.2) is 30.3 Å². The molecular formula is C17H17N5O. The van der Waals surface area contributed by atoms with Crippen LogP contribution in [0.3, 0.4) is 0 Å². The van der Waals surface area contributed by atoms with Crippen LogP contribution >= 0.6 is 0 Å². The highest BCUT2D eigenvalue weighted by Crippen LogP contribution is 2.15. The minimum Gasteiger partial charge on any atom is -0.289 e. The molecule has 0 aliphatic rings. The normalized spacial score (nSPS) is 11.3. The van der Waals surface area contributed by atoms with Crippen LogP contribution in [0.4, 0.5) is 0 Å². The largest absolute Gasteiger partial charge is 0.289 e. The van der Waals surface area contributed by atoms with Gasteiger partial charge in [-0.1, -0.05) is 18.2 Å². The Labute approximate surface area is 134 Å². The van der Waals surface area contributed by atoms with Crippen molar-refractivity contribution in [2.45, 2.75) is 13.8 Å². The molecule has 116 valence electrons. The average Bonchev–Trinajstić information content (AvgIpc) is 3.15. The fourth-order valence-electron chi connectivity index (χ4n) is 2.47. The predicted molar refractivity (Wildman–Crippen MR) is 87.4 cm³/mol. The second-order valence-corrected chi connectivity index (χ2v) is 5.30. The smallest absolute Gasteiger partial charge is 0.189 e. The number of benzene rings is 1. The van der Waals surface area contributed by atoms with Crippen LogP contribution < -0.4 is 0 Å². The number of aryl methyl sites for hydroxylation is 2. The van der Waals surface area contributed by atoms with Crippen molar-refractivity contribution in [1.82, 2.24) is 24.5 Å². The second kappa shape index (κ2) is 6.00. The molecule has 0 unspecified atom stereocenters. The number of nitrogens with zero attached hydrogens (tertiary/aromatic N) is 5. The van der Waals surface area contributed by atoms with Crippen LogP contribution in [0.5, 0.6) is 0 Å². The van der Waals surface area contributed by atoms with Crippen molar-refractivity contribution in [3.8, 4) is 5.69 Å². The monoisotopic (exact) mass is 307 g/mol. The summed E-state index contributed by atoms with van der Waals surface area (Å²) in [5, 5.41) is 8.35. The van der Waals surface area contributed by atoms with Gasteiger partial charge in [-0.25, -0.2) is 9.67 Å². The van der Waals surface area contributed by atoms with Gasteiger partial charge < -0.3 is 0 Å². The average molecular weight is 307 g/mol. The lowest BCUT2D eigenvalue weighted by atomic mass is 10.1. The molecule has 6 nitrogen and oxygen atoms in total. The summed E-state index contributed by atoms with van der Waals surface area (Å²) in [5.74, 6) is -0.0338. The van der Waals surface area contributed by atoms with Crippen LogP contribution in [0.1, 0.15) is 27.3 Å². The first-order valence-electron chi connectivity index (χ1n) is 7.24. The quantitative estimate of drug-likeness (QED) is 0.549. The summed E-state index contributed by atoms with van der Waals surface area (Å²) in [4.78, 5) is 16.3. The molecule has 1 aromatic carbocycles. The molecule has 0 saturated carbocycles. The highest BCUT2D eigenvalue weighted by atomic mass is 16.1. The van der Waals surface area contributed by atoms with Gasteiger partial charge in [0.25, 0.3) is 0 Å². The Hall–Kier alpha value is -3.02. The Morgan fingerprint density at radius 1 is 1.17 bits per heavy atom. The summed E-state index contributed by atoms with van der Waals surface area (Å²) < 4.78 is 3.41. The minimum absolute atomic E-state index is 0.0338. The summed E-state index contributed by atoms with van der Waals surface area (Å²) in [6, 6.07) is 7.73. The van der Waals surface area contributed by atoms with Gasteiger partial charge >= 0.3 is 0 Å². The maximum atomic E-state index is 12.4. The van der Waals surface area contributed by atoms with E-state index in [1.807, 2.05) is 45.2 Å². The van der Waals surface area contributed by atoms with Crippen LogP contribution in [0.25, 0.3) is 11.8 Å². The molecule has 2 aromatic heterocycles. The molecule has 0 fully saturated rings. The van der Waals surface area contributed by atoms with Crippen molar-refractivity contribution in [2.75, 3.05) is 0 Å². The van der Waals surface area contributed by atoms with Gasteiger partial charge in [0, 0.05) is 12.7 Å². The molecule has 0 amide bonds. The summed E-state index contributed by atoms with van der Waals surface area (Å²) >= 11 is 0. The van der Waals surface area contributed by atoms with Gasteiger partial charge in [-0.3, -0.25) is 9.48 Å². The number of hydrogen-bond acceptors (Lipinski definition) is 4. The molecule has 0 aliphatic carbocycles. The van der Waals surface area contributed by atoms with Crippen molar-refractivity contribution in [3.63, 3.8) is 0 Å². The van der Waals surface area contributed by atoms with E-state index < -0.39 is 0 Å². The van der Waals surface area contributed by atoms with Gasteiger partial charge in [0.05, 0.1) is 16.9 Å². The molecule has 0 atom stereocenters. The standard InChI is InChI=1S/C17H17N5O/c1-12-17(13(2)21(3)20-12)16(23)9-6-14-4-7-15(8-5-14)22-11-18-10-19-22/h4-11H,1-3H3.